The number of ether oxygens (including phenoxy) is 3. The van der Waals surface area contributed by atoms with Crippen molar-refractivity contribution < 1.29 is 28.6 Å². The second-order valence-electron chi connectivity index (χ2n) is 9.00. The Hall–Kier alpha value is -2.94. The van der Waals surface area contributed by atoms with E-state index in [0.717, 1.165) is 24.2 Å². The Balaban J connectivity index is 1.52. The second-order valence-corrected chi connectivity index (χ2v) is 9.44. The van der Waals surface area contributed by atoms with E-state index in [1.54, 1.807) is 12.1 Å². The van der Waals surface area contributed by atoms with Crippen LogP contribution in [-0.2, 0) is 30.4 Å². The number of hydrogen-bond acceptors (Lipinski definition) is 7. The fraction of sp³-hybridized carbons (Fsp3) is 0.464. The molecule has 2 aromatic carbocycles. The number of rotatable bonds is 12. The monoisotopic (exact) mass is 530 g/mol. The van der Waals surface area contributed by atoms with Crippen molar-refractivity contribution in [3.8, 4) is 0 Å². The topological polar surface area (TPSA) is 85.4 Å². The van der Waals surface area contributed by atoms with Gasteiger partial charge in [0, 0.05) is 50.6 Å². The molecule has 200 valence electrons. The van der Waals surface area contributed by atoms with Crippen LogP contribution in [0.3, 0.4) is 0 Å². The fourth-order valence-electron chi connectivity index (χ4n) is 4.20. The molecular weight excluding hydrogens is 496 g/mol. The molecule has 0 bridgehead atoms. The van der Waals surface area contributed by atoms with Gasteiger partial charge in [0.05, 0.1) is 32.5 Å². The molecule has 0 N–H and O–H groups in total. The SMILES string of the molecule is COC(=O)CCCCC(=O)N1CCN(CC(OCc2ccc(C(=O)OC)cc2)c2ccc(Cl)cc2)CC1. The van der Waals surface area contributed by atoms with Crippen LogP contribution >= 0.6 is 11.6 Å². The van der Waals surface area contributed by atoms with Crippen molar-refractivity contribution in [2.45, 2.75) is 38.4 Å². The van der Waals surface area contributed by atoms with Gasteiger partial charge in [-0.1, -0.05) is 35.9 Å². The molecule has 1 heterocycles. The summed E-state index contributed by atoms with van der Waals surface area (Å²) in [6, 6.07) is 14.8. The zero-order valence-corrected chi connectivity index (χ0v) is 22.2. The van der Waals surface area contributed by atoms with Crippen molar-refractivity contribution in [2.75, 3.05) is 46.9 Å². The highest BCUT2D eigenvalue weighted by Crippen LogP contribution is 2.24. The molecule has 1 aliphatic rings. The van der Waals surface area contributed by atoms with Gasteiger partial charge in [0.15, 0.2) is 0 Å². The summed E-state index contributed by atoms with van der Waals surface area (Å²) in [5.41, 5.74) is 2.48. The molecule has 1 saturated heterocycles. The van der Waals surface area contributed by atoms with Gasteiger partial charge in [-0.3, -0.25) is 14.5 Å². The maximum absolute atomic E-state index is 12.6. The van der Waals surface area contributed by atoms with Crippen LogP contribution in [0.2, 0.25) is 5.02 Å². The predicted molar refractivity (Wildman–Crippen MR) is 140 cm³/mol. The van der Waals surface area contributed by atoms with Crippen LogP contribution in [0.1, 0.15) is 53.3 Å². The summed E-state index contributed by atoms with van der Waals surface area (Å²) in [4.78, 5) is 39.7. The van der Waals surface area contributed by atoms with Crippen molar-refractivity contribution in [1.29, 1.82) is 0 Å². The summed E-state index contributed by atoms with van der Waals surface area (Å²) in [6.45, 7) is 3.92. The fourth-order valence-corrected chi connectivity index (χ4v) is 4.33. The molecule has 1 amide bonds. The van der Waals surface area contributed by atoms with E-state index in [4.69, 9.17) is 21.1 Å². The first-order valence-corrected chi connectivity index (χ1v) is 12.9. The van der Waals surface area contributed by atoms with Gasteiger partial charge in [-0.25, -0.2) is 4.79 Å². The molecule has 9 heteroatoms. The third kappa shape index (κ3) is 9.14. The van der Waals surface area contributed by atoms with E-state index in [0.29, 0.717) is 62.5 Å². The molecule has 8 nitrogen and oxygen atoms in total. The van der Waals surface area contributed by atoms with Crippen LogP contribution in [0.25, 0.3) is 0 Å². The lowest BCUT2D eigenvalue weighted by Gasteiger charge is -2.36. The lowest BCUT2D eigenvalue weighted by atomic mass is 10.1. The molecule has 0 saturated carbocycles. The minimum Gasteiger partial charge on any atom is -0.469 e. The molecule has 1 unspecified atom stereocenters. The van der Waals surface area contributed by atoms with Gasteiger partial charge in [0.25, 0.3) is 0 Å². The molecule has 2 aromatic rings. The third-order valence-corrected chi connectivity index (χ3v) is 6.72. The van der Waals surface area contributed by atoms with Gasteiger partial charge >= 0.3 is 11.9 Å². The molecule has 1 aliphatic heterocycles. The number of methoxy groups -OCH3 is 2. The van der Waals surface area contributed by atoms with Gasteiger partial charge in [-0.15, -0.1) is 0 Å². The number of esters is 2. The molecule has 1 fully saturated rings. The number of amides is 1. The summed E-state index contributed by atoms with van der Waals surface area (Å²) in [5.74, 6) is -0.479. The van der Waals surface area contributed by atoms with Gasteiger partial charge in [0.1, 0.15) is 0 Å². The van der Waals surface area contributed by atoms with E-state index in [2.05, 4.69) is 9.64 Å². The number of halogens is 1. The summed E-state index contributed by atoms with van der Waals surface area (Å²) < 4.78 is 15.7. The first-order valence-electron chi connectivity index (χ1n) is 12.5. The molecule has 3 rings (SSSR count). The number of piperazine rings is 1. The van der Waals surface area contributed by atoms with Gasteiger partial charge in [-0.05, 0) is 48.2 Å². The quantitative estimate of drug-likeness (QED) is 0.299. The molecule has 0 radical (unpaired) electrons. The number of carbonyl (C=O) groups is 3. The van der Waals surface area contributed by atoms with E-state index in [9.17, 15) is 14.4 Å². The van der Waals surface area contributed by atoms with Crippen molar-refractivity contribution >= 4 is 29.4 Å². The number of carbonyl (C=O) groups excluding carboxylic acids is 3. The van der Waals surface area contributed by atoms with E-state index >= 15 is 0 Å². The summed E-state index contributed by atoms with van der Waals surface area (Å²) >= 11 is 6.10. The molecule has 0 aliphatic carbocycles. The van der Waals surface area contributed by atoms with Gasteiger partial charge in [0.2, 0.25) is 5.91 Å². The largest absolute Gasteiger partial charge is 0.469 e. The molecule has 0 spiro atoms. The number of hydrogen-bond donors (Lipinski definition) is 0. The van der Waals surface area contributed by atoms with E-state index in [1.165, 1.54) is 14.2 Å². The minimum atomic E-state index is -0.370. The molecule has 37 heavy (non-hydrogen) atoms. The smallest absolute Gasteiger partial charge is 0.337 e. The van der Waals surface area contributed by atoms with Gasteiger partial charge in [-0.2, -0.15) is 0 Å². The maximum atomic E-state index is 12.6. The summed E-state index contributed by atoms with van der Waals surface area (Å²) in [7, 11) is 2.73. The standard InChI is InChI=1S/C28H35ClN2O6/c1-35-27(33)6-4-3-5-26(32)31-17-15-30(16-18-31)19-25(22-11-13-24(29)14-12-22)37-20-21-7-9-23(10-8-21)28(34)36-2/h7-14,25H,3-6,15-20H2,1-2H3. The van der Waals surface area contributed by atoms with E-state index in [-0.39, 0.29) is 23.9 Å². The minimum absolute atomic E-state index is 0.130. The van der Waals surface area contributed by atoms with Gasteiger partial charge < -0.3 is 19.1 Å². The van der Waals surface area contributed by atoms with Crippen molar-refractivity contribution in [3.05, 3.63) is 70.2 Å². The first-order chi connectivity index (χ1) is 17.9. The highest BCUT2D eigenvalue weighted by molar-refractivity contribution is 6.30. The maximum Gasteiger partial charge on any atom is 0.337 e. The van der Waals surface area contributed by atoms with Crippen LogP contribution in [0.5, 0.6) is 0 Å². The zero-order valence-electron chi connectivity index (χ0n) is 21.5. The van der Waals surface area contributed by atoms with E-state index < -0.39 is 0 Å². The Morgan fingerprint density at radius 1 is 0.865 bits per heavy atom. The van der Waals surface area contributed by atoms with Crippen molar-refractivity contribution in [1.82, 2.24) is 9.80 Å². The van der Waals surface area contributed by atoms with Crippen LogP contribution in [0, 0.1) is 0 Å². The first kappa shape index (κ1) is 28.6. The Labute approximate surface area is 223 Å². The van der Waals surface area contributed by atoms with Crippen molar-refractivity contribution in [2.24, 2.45) is 0 Å². The Morgan fingerprint density at radius 3 is 2.14 bits per heavy atom. The zero-order chi connectivity index (χ0) is 26.6. The highest BCUT2D eigenvalue weighted by atomic mass is 35.5. The van der Waals surface area contributed by atoms with E-state index in [1.807, 2.05) is 41.3 Å². The predicted octanol–water partition coefficient (Wildman–Crippen LogP) is 4.26. The van der Waals surface area contributed by atoms with Crippen molar-refractivity contribution in [3.63, 3.8) is 0 Å². The molecular formula is C28H35ClN2O6. The Bertz CT molecular complexity index is 1020. The second kappa shape index (κ2) is 14.7. The lowest BCUT2D eigenvalue weighted by molar-refractivity contribution is -0.141. The van der Waals surface area contributed by atoms with Crippen LogP contribution in [-0.4, -0.2) is 74.6 Å². The molecule has 0 aromatic heterocycles. The molecule has 1 atom stereocenters. The Kier molecular flexibility index (Phi) is 11.4. The van der Waals surface area contributed by atoms with Crippen LogP contribution < -0.4 is 0 Å². The van der Waals surface area contributed by atoms with Crippen LogP contribution in [0.4, 0.5) is 0 Å². The summed E-state index contributed by atoms with van der Waals surface area (Å²) in [6.07, 6.45) is 1.95. The number of benzene rings is 2. The summed E-state index contributed by atoms with van der Waals surface area (Å²) in [5, 5.41) is 0.666. The average molecular weight is 531 g/mol. The number of unbranched alkanes of at least 4 members (excludes halogenated alkanes) is 1. The van der Waals surface area contributed by atoms with Crippen LogP contribution in [0.15, 0.2) is 48.5 Å². The number of nitrogens with zero attached hydrogens (tertiary/aromatic N) is 2. The lowest BCUT2D eigenvalue weighted by Crippen LogP contribution is -2.49. The third-order valence-electron chi connectivity index (χ3n) is 6.47. The highest BCUT2D eigenvalue weighted by Gasteiger charge is 2.24. The normalized spacial score (nSPS) is 14.7. The Morgan fingerprint density at radius 2 is 1.51 bits per heavy atom. The average Bonchev–Trinajstić information content (AvgIpc) is 2.93.